The van der Waals surface area contributed by atoms with Crippen molar-refractivity contribution >= 4 is 18.7 Å². The first kappa shape index (κ1) is 11.8. The first-order chi connectivity index (χ1) is 7.10. The summed E-state index contributed by atoms with van der Waals surface area (Å²) in [5, 5.41) is 9.17. The predicted molar refractivity (Wildman–Crippen MR) is 57.8 cm³/mol. The Morgan fingerprint density at radius 1 is 1.73 bits per heavy atom. The van der Waals surface area contributed by atoms with Crippen molar-refractivity contribution in [1.29, 1.82) is 0 Å². The van der Waals surface area contributed by atoms with E-state index in [1.54, 1.807) is 13.1 Å². The minimum atomic E-state index is -0.925. The molecule has 0 radical (unpaired) electrons. The van der Waals surface area contributed by atoms with Gasteiger partial charge in [-0.15, -0.1) is 0 Å². The summed E-state index contributed by atoms with van der Waals surface area (Å²) in [7, 11) is 0. The van der Waals surface area contributed by atoms with Gasteiger partial charge in [-0.05, 0) is 12.5 Å². The molecule has 0 saturated carbocycles. The molecule has 1 heterocycles. The SMILES string of the molecule is Cc1ncc(CS)c(CO)c1OC(N)=O. The second-order valence-electron chi connectivity index (χ2n) is 2.91. The highest BCUT2D eigenvalue weighted by Gasteiger charge is 2.14. The molecule has 0 bridgehead atoms. The molecule has 0 fully saturated rings. The minimum absolute atomic E-state index is 0.219. The second-order valence-corrected chi connectivity index (χ2v) is 3.23. The average molecular weight is 228 g/mol. The van der Waals surface area contributed by atoms with Gasteiger partial charge in [-0.2, -0.15) is 12.6 Å². The Morgan fingerprint density at radius 3 is 2.87 bits per heavy atom. The number of ether oxygens (including phenoxy) is 1. The number of carbonyl (C=O) groups excluding carboxylic acids is 1. The molecule has 1 amide bonds. The van der Waals surface area contributed by atoms with Gasteiger partial charge >= 0.3 is 6.09 Å². The maximum Gasteiger partial charge on any atom is 0.410 e. The highest BCUT2D eigenvalue weighted by molar-refractivity contribution is 7.79. The Kier molecular flexibility index (Phi) is 3.93. The normalized spacial score (nSPS) is 10.1. The van der Waals surface area contributed by atoms with Crippen molar-refractivity contribution in [1.82, 2.24) is 4.98 Å². The van der Waals surface area contributed by atoms with Crippen LogP contribution in [0.4, 0.5) is 4.79 Å². The number of rotatable bonds is 3. The summed E-state index contributed by atoms with van der Waals surface area (Å²) in [6.45, 7) is 1.42. The van der Waals surface area contributed by atoms with E-state index in [-0.39, 0.29) is 12.4 Å². The highest BCUT2D eigenvalue weighted by atomic mass is 32.1. The van der Waals surface area contributed by atoms with E-state index >= 15 is 0 Å². The lowest BCUT2D eigenvalue weighted by Crippen LogP contribution is -2.18. The number of nitrogens with two attached hydrogens (primary N) is 1. The van der Waals surface area contributed by atoms with Crippen molar-refractivity contribution in [3.8, 4) is 5.75 Å². The van der Waals surface area contributed by atoms with E-state index < -0.39 is 6.09 Å². The van der Waals surface area contributed by atoms with Gasteiger partial charge in [-0.3, -0.25) is 4.98 Å². The van der Waals surface area contributed by atoms with Crippen LogP contribution in [0, 0.1) is 6.92 Å². The summed E-state index contributed by atoms with van der Waals surface area (Å²) in [6.07, 6.45) is 0.660. The Hall–Kier alpha value is -1.27. The number of thiol groups is 1. The molecule has 3 N–H and O–H groups in total. The van der Waals surface area contributed by atoms with E-state index in [0.29, 0.717) is 22.6 Å². The third-order valence-corrected chi connectivity index (χ3v) is 2.28. The van der Waals surface area contributed by atoms with E-state index in [2.05, 4.69) is 17.6 Å². The summed E-state index contributed by atoms with van der Waals surface area (Å²) in [5.74, 6) is 0.620. The number of pyridine rings is 1. The van der Waals surface area contributed by atoms with Crippen LogP contribution >= 0.6 is 12.6 Å². The molecule has 0 spiro atoms. The van der Waals surface area contributed by atoms with Crippen molar-refractivity contribution in [2.24, 2.45) is 5.73 Å². The van der Waals surface area contributed by atoms with Gasteiger partial charge in [0.15, 0.2) is 5.75 Å². The zero-order valence-electron chi connectivity index (χ0n) is 8.23. The number of carbonyl (C=O) groups is 1. The first-order valence-corrected chi connectivity index (χ1v) is 4.89. The van der Waals surface area contributed by atoms with Crippen LogP contribution in [0.3, 0.4) is 0 Å². The van der Waals surface area contributed by atoms with Crippen LogP contribution in [0.15, 0.2) is 6.20 Å². The second kappa shape index (κ2) is 4.99. The van der Waals surface area contributed by atoms with Gasteiger partial charge < -0.3 is 15.6 Å². The monoisotopic (exact) mass is 228 g/mol. The lowest BCUT2D eigenvalue weighted by atomic mass is 10.1. The number of aliphatic hydroxyl groups is 1. The maximum atomic E-state index is 10.7. The van der Waals surface area contributed by atoms with Gasteiger partial charge in [0.2, 0.25) is 0 Å². The van der Waals surface area contributed by atoms with Gasteiger partial charge in [-0.1, -0.05) is 0 Å². The van der Waals surface area contributed by atoms with E-state index in [1.807, 2.05) is 0 Å². The molecule has 1 aromatic rings. The van der Waals surface area contributed by atoms with Crippen molar-refractivity contribution in [3.05, 3.63) is 23.0 Å². The lowest BCUT2D eigenvalue weighted by Gasteiger charge is -2.12. The van der Waals surface area contributed by atoms with Gasteiger partial charge in [0.1, 0.15) is 0 Å². The molecule has 0 aromatic carbocycles. The quantitative estimate of drug-likeness (QED) is 0.667. The fourth-order valence-corrected chi connectivity index (χ4v) is 1.49. The fraction of sp³-hybridized carbons (Fsp3) is 0.333. The van der Waals surface area contributed by atoms with Gasteiger partial charge in [-0.25, -0.2) is 4.79 Å². The van der Waals surface area contributed by atoms with Crippen molar-refractivity contribution in [2.45, 2.75) is 19.3 Å². The van der Waals surface area contributed by atoms with Crippen molar-refractivity contribution in [2.75, 3.05) is 0 Å². The third kappa shape index (κ3) is 2.60. The van der Waals surface area contributed by atoms with Crippen molar-refractivity contribution < 1.29 is 14.6 Å². The number of hydrogen-bond acceptors (Lipinski definition) is 5. The van der Waals surface area contributed by atoms with Crippen LogP contribution in [0.25, 0.3) is 0 Å². The van der Waals surface area contributed by atoms with Crippen LogP contribution in [-0.2, 0) is 12.4 Å². The summed E-state index contributed by atoms with van der Waals surface area (Å²) in [6, 6.07) is 0. The van der Waals surface area contributed by atoms with Gasteiger partial charge in [0.05, 0.1) is 12.3 Å². The molecule has 1 rings (SSSR count). The molecule has 5 nitrogen and oxygen atoms in total. The van der Waals surface area contributed by atoms with Crippen LogP contribution in [0.5, 0.6) is 5.75 Å². The number of nitrogens with zero attached hydrogens (tertiary/aromatic N) is 1. The zero-order valence-corrected chi connectivity index (χ0v) is 9.12. The number of amides is 1. The number of aliphatic hydroxyl groups excluding tert-OH is 1. The number of aromatic nitrogens is 1. The molecule has 0 aliphatic carbocycles. The average Bonchev–Trinajstić information content (AvgIpc) is 2.20. The Labute approximate surface area is 92.7 Å². The summed E-state index contributed by atoms with van der Waals surface area (Å²) < 4.78 is 4.79. The van der Waals surface area contributed by atoms with E-state index in [9.17, 15) is 9.90 Å². The number of hydrogen-bond donors (Lipinski definition) is 3. The van der Waals surface area contributed by atoms with Crippen LogP contribution < -0.4 is 10.5 Å². The molecule has 82 valence electrons. The molecule has 0 saturated heterocycles. The smallest absolute Gasteiger partial charge is 0.408 e. The molecule has 0 aliphatic rings. The maximum absolute atomic E-state index is 10.7. The summed E-state index contributed by atoms with van der Waals surface area (Å²) in [5.41, 5.74) is 6.63. The molecule has 0 atom stereocenters. The van der Waals surface area contributed by atoms with Gasteiger partial charge in [0, 0.05) is 17.5 Å². The highest BCUT2D eigenvalue weighted by Crippen LogP contribution is 2.26. The van der Waals surface area contributed by atoms with Crippen LogP contribution in [0.2, 0.25) is 0 Å². The lowest BCUT2D eigenvalue weighted by molar-refractivity contribution is 0.207. The van der Waals surface area contributed by atoms with E-state index in [0.717, 1.165) is 0 Å². The predicted octanol–water partition coefficient (Wildman–Crippen LogP) is 0.770. The Bertz CT molecular complexity index is 382. The molecule has 6 heteroatoms. The van der Waals surface area contributed by atoms with Crippen molar-refractivity contribution in [3.63, 3.8) is 0 Å². The summed E-state index contributed by atoms with van der Waals surface area (Å²) >= 11 is 4.08. The Balaban J connectivity index is 3.25. The molecular formula is C9H12N2O3S. The molecule has 1 aromatic heterocycles. The molecule has 0 aliphatic heterocycles. The fourth-order valence-electron chi connectivity index (χ4n) is 1.22. The standard InChI is InChI=1S/C9H12N2O3S/c1-5-8(14-9(10)13)7(3-12)6(4-15)2-11-5/h2,12,15H,3-4H2,1H3,(H2,10,13). The largest absolute Gasteiger partial charge is 0.410 e. The molecular weight excluding hydrogens is 216 g/mol. The first-order valence-electron chi connectivity index (χ1n) is 4.26. The van der Waals surface area contributed by atoms with E-state index in [1.165, 1.54) is 0 Å². The third-order valence-electron chi connectivity index (χ3n) is 1.94. The summed E-state index contributed by atoms with van der Waals surface area (Å²) in [4.78, 5) is 14.7. The number of aryl methyl sites for hydroxylation is 1. The van der Waals surface area contributed by atoms with Crippen LogP contribution in [-0.4, -0.2) is 16.2 Å². The van der Waals surface area contributed by atoms with E-state index in [4.69, 9.17) is 10.5 Å². The Morgan fingerprint density at radius 2 is 2.40 bits per heavy atom. The topological polar surface area (TPSA) is 85.4 Å². The van der Waals surface area contributed by atoms with Crippen LogP contribution in [0.1, 0.15) is 16.8 Å². The minimum Gasteiger partial charge on any atom is -0.408 e. The molecule has 15 heavy (non-hydrogen) atoms. The van der Waals surface area contributed by atoms with Gasteiger partial charge in [0.25, 0.3) is 0 Å². The zero-order chi connectivity index (χ0) is 11.4. The number of primary amides is 1. The molecule has 0 unspecified atom stereocenters.